The van der Waals surface area contributed by atoms with E-state index in [2.05, 4.69) is 79.8 Å². The Morgan fingerprint density at radius 3 is 2.24 bits per heavy atom. The molecule has 0 spiro atoms. The third-order valence-electron chi connectivity index (χ3n) is 6.95. The fourth-order valence-corrected chi connectivity index (χ4v) is 4.74. The average molecular weight is 445 g/mol. The normalized spacial score (nSPS) is 15.3. The first-order valence-corrected chi connectivity index (χ1v) is 13.0. The topological polar surface area (TPSA) is 15.3 Å². The fourth-order valence-electron chi connectivity index (χ4n) is 4.74. The first-order chi connectivity index (χ1) is 16.0. The number of fused-ring (bicyclic) bond motifs is 1. The predicted molar refractivity (Wildman–Crippen MR) is 145 cm³/mol. The van der Waals surface area contributed by atoms with Gasteiger partial charge in [-0.05, 0) is 119 Å². The number of allylic oxidation sites excluding steroid dienone is 2. The maximum absolute atomic E-state index is 4.24. The first kappa shape index (κ1) is 25.3. The summed E-state index contributed by atoms with van der Waals surface area (Å²) in [6.45, 7) is 14.2. The summed E-state index contributed by atoms with van der Waals surface area (Å²) in [5.74, 6) is 0. The molecule has 4 rings (SSSR count). The second-order valence-corrected chi connectivity index (χ2v) is 9.92. The highest BCUT2D eigenvalue weighted by Crippen LogP contribution is 2.23. The second kappa shape index (κ2) is 13.4. The number of rotatable bonds is 9. The Balaban J connectivity index is 0.000000442. The molecule has 2 nitrogen and oxygen atoms in total. The van der Waals surface area contributed by atoms with Gasteiger partial charge in [-0.25, -0.2) is 0 Å². The van der Waals surface area contributed by atoms with Gasteiger partial charge in [-0.3, -0.25) is 0 Å². The molecule has 0 bridgehead atoms. The van der Waals surface area contributed by atoms with Gasteiger partial charge in [-0.2, -0.15) is 0 Å². The van der Waals surface area contributed by atoms with Crippen molar-refractivity contribution in [3.63, 3.8) is 0 Å². The Labute approximate surface area is 202 Å². The molecule has 0 amide bonds. The van der Waals surface area contributed by atoms with Crippen LogP contribution in [0.25, 0.3) is 5.57 Å². The third kappa shape index (κ3) is 8.85. The summed E-state index contributed by atoms with van der Waals surface area (Å²) in [4.78, 5) is 2.36. The van der Waals surface area contributed by atoms with Gasteiger partial charge in [0.1, 0.15) is 0 Å². The van der Waals surface area contributed by atoms with Crippen molar-refractivity contribution in [2.45, 2.75) is 71.1 Å². The van der Waals surface area contributed by atoms with E-state index in [1.807, 2.05) is 0 Å². The van der Waals surface area contributed by atoms with Gasteiger partial charge in [-0.1, -0.05) is 61.2 Å². The molecule has 1 aliphatic carbocycles. The van der Waals surface area contributed by atoms with Crippen LogP contribution >= 0.6 is 0 Å². The smallest absolute Gasteiger partial charge is 0.0184 e. The molecule has 2 aliphatic rings. The summed E-state index contributed by atoms with van der Waals surface area (Å²) in [7, 11) is 2.17. The van der Waals surface area contributed by atoms with Crippen LogP contribution in [-0.2, 0) is 19.3 Å². The van der Waals surface area contributed by atoms with Gasteiger partial charge in [0.15, 0.2) is 0 Å². The highest BCUT2D eigenvalue weighted by molar-refractivity contribution is 5.63. The molecule has 2 aromatic carbocycles. The highest BCUT2D eigenvalue weighted by atomic mass is 15.1. The first-order valence-electron chi connectivity index (χ1n) is 13.0. The number of aryl methyl sites for hydroxylation is 3. The van der Waals surface area contributed by atoms with Gasteiger partial charge in [0, 0.05) is 12.2 Å². The van der Waals surface area contributed by atoms with Crippen molar-refractivity contribution < 1.29 is 0 Å². The molecule has 0 radical (unpaired) electrons. The summed E-state index contributed by atoms with van der Waals surface area (Å²) >= 11 is 0. The SMILES string of the molecule is C=C(CCCC(=C)c1ccc(C)cc1)NCCc1ccc2c(c1)CCCC2.CN1CCCC1. The molecule has 1 saturated heterocycles. The molecule has 1 aliphatic heterocycles. The number of likely N-dealkylation sites (tertiary alicyclic amines) is 1. The monoisotopic (exact) mass is 444 g/mol. The van der Waals surface area contributed by atoms with Gasteiger partial charge in [-0.15, -0.1) is 0 Å². The number of benzene rings is 2. The van der Waals surface area contributed by atoms with E-state index in [9.17, 15) is 0 Å². The van der Waals surface area contributed by atoms with Gasteiger partial charge in [0.2, 0.25) is 0 Å². The van der Waals surface area contributed by atoms with E-state index in [1.54, 1.807) is 11.1 Å². The predicted octanol–water partition coefficient (Wildman–Crippen LogP) is 7.12. The molecule has 178 valence electrons. The molecule has 0 aromatic heterocycles. The molecular formula is C31H44N2. The summed E-state index contributed by atoms with van der Waals surface area (Å²) in [6, 6.07) is 15.7. The molecule has 33 heavy (non-hydrogen) atoms. The molecule has 0 saturated carbocycles. The van der Waals surface area contributed by atoms with Crippen LogP contribution in [0.3, 0.4) is 0 Å². The molecule has 0 unspecified atom stereocenters. The minimum atomic E-state index is 0.969. The van der Waals surface area contributed by atoms with Crippen molar-refractivity contribution in [1.82, 2.24) is 10.2 Å². The van der Waals surface area contributed by atoms with Crippen LogP contribution in [0.1, 0.15) is 72.8 Å². The average Bonchev–Trinajstić information content (AvgIpc) is 3.30. The third-order valence-corrected chi connectivity index (χ3v) is 6.95. The summed E-state index contributed by atoms with van der Waals surface area (Å²) in [5, 5.41) is 3.51. The second-order valence-electron chi connectivity index (χ2n) is 9.92. The van der Waals surface area contributed by atoms with Gasteiger partial charge in [0.25, 0.3) is 0 Å². The Hall–Kier alpha value is -2.32. The molecule has 1 N–H and O–H groups in total. The zero-order valence-electron chi connectivity index (χ0n) is 21.1. The van der Waals surface area contributed by atoms with E-state index in [4.69, 9.17) is 0 Å². The van der Waals surface area contributed by atoms with E-state index in [0.717, 1.165) is 37.9 Å². The minimum Gasteiger partial charge on any atom is -0.388 e. The summed E-state index contributed by atoms with van der Waals surface area (Å²) < 4.78 is 0. The Bertz CT molecular complexity index is 888. The van der Waals surface area contributed by atoms with Crippen molar-refractivity contribution in [3.8, 4) is 0 Å². The molecular weight excluding hydrogens is 400 g/mol. The van der Waals surface area contributed by atoms with Crippen LogP contribution < -0.4 is 5.32 Å². The van der Waals surface area contributed by atoms with Crippen molar-refractivity contribution in [3.05, 3.63) is 89.1 Å². The van der Waals surface area contributed by atoms with Crippen LogP contribution in [0, 0.1) is 6.92 Å². The largest absolute Gasteiger partial charge is 0.388 e. The maximum Gasteiger partial charge on any atom is 0.0184 e. The highest BCUT2D eigenvalue weighted by Gasteiger charge is 2.09. The van der Waals surface area contributed by atoms with Crippen molar-refractivity contribution in [1.29, 1.82) is 0 Å². The lowest BCUT2D eigenvalue weighted by Gasteiger charge is -2.17. The Morgan fingerprint density at radius 2 is 1.58 bits per heavy atom. The number of hydrogen-bond acceptors (Lipinski definition) is 2. The molecule has 0 atom stereocenters. The van der Waals surface area contributed by atoms with Gasteiger partial charge in [0.05, 0.1) is 0 Å². The zero-order valence-corrected chi connectivity index (χ0v) is 21.1. The quantitative estimate of drug-likeness (QED) is 0.443. The maximum atomic E-state index is 4.24. The van der Waals surface area contributed by atoms with Crippen molar-refractivity contribution in [2.75, 3.05) is 26.7 Å². The molecule has 1 fully saturated rings. The van der Waals surface area contributed by atoms with Crippen LogP contribution in [0.4, 0.5) is 0 Å². The van der Waals surface area contributed by atoms with E-state index in [0.29, 0.717) is 0 Å². The van der Waals surface area contributed by atoms with E-state index < -0.39 is 0 Å². The minimum absolute atomic E-state index is 0.969. The van der Waals surface area contributed by atoms with Crippen LogP contribution in [0.5, 0.6) is 0 Å². The number of nitrogens with zero attached hydrogens (tertiary/aromatic N) is 1. The standard InChI is InChI=1S/C26H33N.C5H11N/c1-20-11-14-24(15-12-20)21(2)7-6-8-22(3)27-18-17-23-13-16-25-9-4-5-10-26(25)19-23;1-6-4-2-3-5-6/h11-16,19,27H,2-10,17-18H2,1H3;2-5H2,1H3. The number of nitrogens with one attached hydrogen (secondary N) is 1. The fraction of sp³-hybridized carbons (Fsp3) is 0.484. The Morgan fingerprint density at radius 1 is 0.879 bits per heavy atom. The number of hydrogen-bond donors (Lipinski definition) is 1. The van der Waals surface area contributed by atoms with E-state index >= 15 is 0 Å². The lowest BCUT2D eigenvalue weighted by Crippen LogP contribution is -2.16. The lowest BCUT2D eigenvalue weighted by molar-refractivity contribution is 0.418. The van der Waals surface area contributed by atoms with Crippen LogP contribution in [-0.4, -0.2) is 31.6 Å². The van der Waals surface area contributed by atoms with Crippen molar-refractivity contribution >= 4 is 5.57 Å². The molecule has 2 aromatic rings. The van der Waals surface area contributed by atoms with E-state index in [-0.39, 0.29) is 0 Å². The lowest BCUT2D eigenvalue weighted by atomic mass is 9.90. The van der Waals surface area contributed by atoms with Gasteiger partial charge < -0.3 is 10.2 Å². The van der Waals surface area contributed by atoms with Gasteiger partial charge >= 0.3 is 0 Å². The molecule has 2 heteroatoms. The molecule has 1 heterocycles. The van der Waals surface area contributed by atoms with Crippen LogP contribution in [0.15, 0.2) is 61.3 Å². The summed E-state index contributed by atoms with van der Waals surface area (Å²) in [6.07, 6.45) is 12.2. The van der Waals surface area contributed by atoms with Crippen molar-refractivity contribution in [2.24, 2.45) is 0 Å². The van der Waals surface area contributed by atoms with E-state index in [1.165, 1.54) is 73.9 Å². The summed E-state index contributed by atoms with van der Waals surface area (Å²) in [5.41, 5.74) is 9.50. The Kier molecular flexibility index (Phi) is 10.3. The zero-order chi connectivity index (χ0) is 23.5. The van der Waals surface area contributed by atoms with Crippen LogP contribution in [0.2, 0.25) is 0 Å².